The van der Waals surface area contributed by atoms with Crippen LogP contribution in [-0.4, -0.2) is 30.5 Å². The number of carbonyl (C=O) groups is 1. The third-order valence-corrected chi connectivity index (χ3v) is 5.47. The molecule has 31 heavy (non-hydrogen) atoms. The highest BCUT2D eigenvalue weighted by Gasteiger charge is 2.24. The summed E-state index contributed by atoms with van der Waals surface area (Å²) in [4.78, 5) is 26.0. The summed E-state index contributed by atoms with van der Waals surface area (Å²) < 4.78 is 0. The summed E-state index contributed by atoms with van der Waals surface area (Å²) in [6.07, 6.45) is 0.995. The number of anilines is 3. The van der Waals surface area contributed by atoms with Gasteiger partial charge in [0, 0.05) is 42.6 Å². The SMILES string of the molecule is O=C(NCC1CCN(c2ccccc2)C1)c1ccc(Nc2ccccc2)c([N+](=O)[O-])c1. The molecule has 7 nitrogen and oxygen atoms in total. The van der Waals surface area contributed by atoms with Gasteiger partial charge in [-0.15, -0.1) is 0 Å². The van der Waals surface area contributed by atoms with Gasteiger partial charge in [-0.25, -0.2) is 0 Å². The molecule has 3 aromatic rings. The van der Waals surface area contributed by atoms with E-state index in [1.165, 1.54) is 11.8 Å². The smallest absolute Gasteiger partial charge is 0.293 e. The van der Waals surface area contributed by atoms with Crippen LogP contribution in [-0.2, 0) is 0 Å². The van der Waals surface area contributed by atoms with E-state index in [1.54, 1.807) is 12.1 Å². The number of nitro benzene ring substituents is 1. The maximum atomic E-state index is 12.6. The normalized spacial score (nSPS) is 15.5. The van der Waals surface area contributed by atoms with E-state index < -0.39 is 4.92 Å². The third kappa shape index (κ3) is 5.01. The molecule has 1 saturated heterocycles. The van der Waals surface area contributed by atoms with Gasteiger partial charge in [0.2, 0.25) is 0 Å². The fraction of sp³-hybridized carbons (Fsp3) is 0.208. The zero-order valence-electron chi connectivity index (χ0n) is 17.0. The van der Waals surface area contributed by atoms with Crippen LogP contribution in [0.1, 0.15) is 16.8 Å². The van der Waals surface area contributed by atoms with Crippen LogP contribution in [0.3, 0.4) is 0 Å². The molecule has 7 heteroatoms. The minimum absolute atomic E-state index is 0.132. The highest BCUT2D eigenvalue weighted by molar-refractivity contribution is 5.96. The van der Waals surface area contributed by atoms with Crippen molar-refractivity contribution in [1.82, 2.24) is 5.32 Å². The second kappa shape index (κ2) is 9.30. The number of hydrogen-bond donors (Lipinski definition) is 2. The minimum Gasteiger partial charge on any atom is -0.371 e. The molecule has 0 radical (unpaired) electrons. The summed E-state index contributed by atoms with van der Waals surface area (Å²) in [6.45, 7) is 2.38. The first-order valence-corrected chi connectivity index (χ1v) is 10.3. The molecule has 158 valence electrons. The first-order chi connectivity index (χ1) is 15.1. The first kappa shape index (κ1) is 20.4. The van der Waals surface area contributed by atoms with Crippen LogP contribution in [0.2, 0.25) is 0 Å². The van der Waals surface area contributed by atoms with Crippen LogP contribution in [0.25, 0.3) is 0 Å². The maximum absolute atomic E-state index is 12.6. The lowest BCUT2D eigenvalue weighted by molar-refractivity contribution is -0.383. The molecule has 4 rings (SSSR count). The maximum Gasteiger partial charge on any atom is 0.293 e. The van der Waals surface area contributed by atoms with Gasteiger partial charge in [-0.3, -0.25) is 14.9 Å². The van der Waals surface area contributed by atoms with E-state index in [0.717, 1.165) is 25.2 Å². The number of nitrogens with one attached hydrogen (secondary N) is 2. The highest BCUT2D eigenvalue weighted by Crippen LogP contribution is 2.29. The van der Waals surface area contributed by atoms with Crippen molar-refractivity contribution in [3.05, 3.63) is 94.5 Å². The summed E-state index contributed by atoms with van der Waals surface area (Å²) in [7, 11) is 0. The Balaban J connectivity index is 1.38. The van der Waals surface area contributed by atoms with Crippen molar-refractivity contribution in [1.29, 1.82) is 0 Å². The summed E-state index contributed by atoms with van der Waals surface area (Å²) in [5.74, 6) is 0.0469. The van der Waals surface area contributed by atoms with Gasteiger partial charge in [-0.2, -0.15) is 0 Å². The van der Waals surface area contributed by atoms with Gasteiger partial charge in [0.1, 0.15) is 5.69 Å². The molecule has 1 atom stereocenters. The van der Waals surface area contributed by atoms with Gasteiger partial charge in [-0.05, 0) is 48.7 Å². The fourth-order valence-corrected chi connectivity index (χ4v) is 3.82. The molecule has 0 bridgehead atoms. The van der Waals surface area contributed by atoms with Crippen molar-refractivity contribution in [2.24, 2.45) is 5.92 Å². The molecular formula is C24H24N4O3. The summed E-state index contributed by atoms with van der Waals surface area (Å²) >= 11 is 0. The van der Waals surface area contributed by atoms with Gasteiger partial charge in [0.15, 0.2) is 0 Å². The van der Waals surface area contributed by atoms with Crippen LogP contribution in [0, 0.1) is 16.0 Å². The average molecular weight is 416 g/mol. The number of carbonyl (C=O) groups excluding carboxylic acids is 1. The predicted octanol–water partition coefficient (Wildman–Crippen LogP) is 4.59. The molecule has 1 amide bonds. The number of nitro groups is 1. The summed E-state index contributed by atoms with van der Waals surface area (Å²) in [5.41, 5.74) is 2.43. The van der Waals surface area contributed by atoms with E-state index >= 15 is 0 Å². The average Bonchev–Trinajstić information content (AvgIpc) is 3.28. The molecule has 0 saturated carbocycles. The van der Waals surface area contributed by atoms with E-state index in [9.17, 15) is 14.9 Å². The first-order valence-electron chi connectivity index (χ1n) is 10.3. The van der Waals surface area contributed by atoms with Crippen molar-refractivity contribution in [3.8, 4) is 0 Å². The van der Waals surface area contributed by atoms with E-state index in [2.05, 4.69) is 27.7 Å². The Bertz CT molecular complexity index is 1060. The van der Waals surface area contributed by atoms with Gasteiger partial charge in [0.05, 0.1) is 4.92 Å². The molecular weight excluding hydrogens is 392 g/mol. The Hall–Kier alpha value is -3.87. The lowest BCUT2D eigenvalue weighted by Crippen LogP contribution is -2.31. The Kier molecular flexibility index (Phi) is 6.12. The van der Waals surface area contributed by atoms with Crippen molar-refractivity contribution in [2.75, 3.05) is 29.9 Å². The fourth-order valence-electron chi connectivity index (χ4n) is 3.82. The van der Waals surface area contributed by atoms with Crippen LogP contribution < -0.4 is 15.5 Å². The van der Waals surface area contributed by atoms with Crippen molar-refractivity contribution >= 4 is 28.7 Å². The van der Waals surface area contributed by atoms with Crippen LogP contribution in [0.15, 0.2) is 78.9 Å². The van der Waals surface area contributed by atoms with E-state index in [1.807, 2.05) is 48.5 Å². The van der Waals surface area contributed by atoms with E-state index in [4.69, 9.17) is 0 Å². The summed E-state index contributed by atoms with van der Waals surface area (Å²) in [6, 6.07) is 23.9. The number of para-hydroxylation sites is 2. The van der Waals surface area contributed by atoms with Crippen molar-refractivity contribution < 1.29 is 9.72 Å². The topological polar surface area (TPSA) is 87.5 Å². The molecule has 1 fully saturated rings. The van der Waals surface area contributed by atoms with Gasteiger partial charge >= 0.3 is 0 Å². The van der Waals surface area contributed by atoms with Crippen LogP contribution >= 0.6 is 0 Å². The monoisotopic (exact) mass is 416 g/mol. The van der Waals surface area contributed by atoms with E-state index in [0.29, 0.717) is 18.2 Å². The number of rotatable bonds is 7. The number of hydrogen-bond acceptors (Lipinski definition) is 5. The number of benzene rings is 3. The Morgan fingerprint density at radius 1 is 1.03 bits per heavy atom. The second-order valence-electron chi connectivity index (χ2n) is 7.63. The molecule has 1 aliphatic rings. The molecule has 1 unspecified atom stereocenters. The lowest BCUT2D eigenvalue weighted by Gasteiger charge is -2.18. The van der Waals surface area contributed by atoms with Crippen molar-refractivity contribution in [2.45, 2.75) is 6.42 Å². The molecule has 0 spiro atoms. The van der Waals surface area contributed by atoms with Gasteiger partial charge < -0.3 is 15.5 Å². The van der Waals surface area contributed by atoms with Gasteiger partial charge in [0.25, 0.3) is 11.6 Å². The Labute approximate surface area is 180 Å². The molecule has 1 heterocycles. The highest BCUT2D eigenvalue weighted by atomic mass is 16.6. The van der Waals surface area contributed by atoms with Gasteiger partial charge in [-0.1, -0.05) is 36.4 Å². The third-order valence-electron chi connectivity index (χ3n) is 5.47. The number of amides is 1. The zero-order chi connectivity index (χ0) is 21.6. The Morgan fingerprint density at radius 3 is 2.45 bits per heavy atom. The largest absolute Gasteiger partial charge is 0.371 e. The molecule has 0 aromatic heterocycles. The standard InChI is InChI=1S/C24H24N4O3/c29-24(25-16-18-13-14-27(17-18)21-9-5-2-6-10-21)19-11-12-22(23(15-19)28(30)31)26-20-7-3-1-4-8-20/h1-12,15,18,26H,13-14,16-17H2,(H,25,29). The van der Waals surface area contributed by atoms with Crippen LogP contribution in [0.5, 0.6) is 0 Å². The second-order valence-corrected chi connectivity index (χ2v) is 7.63. The zero-order valence-corrected chi connectivity index (χ0v) is 17.0. The van der Waals surface area contributed by atoms with Crippen molar-refractivity contribution in [3.63, 3.8) is 0 Å². The number of nitrogens with zero attached hydrogens (tertiary/aromatic N) is 2. The van der Waals surface area contributed by atoms with E-state index in [-0.39, 0.29) is 17.2 Å². The molecule has 3 aromatic carbocycles. The Morgan fingerprint density at radius 2 is 1.74 bits per heavy atom. The minimum atomic E-state index is -0.475. The summed E-state index contributed by atoms with van der Waals surface area (Å²) in [5, 5.41) is 17.5. The lowest BCUT2D eigenvalue weighted by atomic mass is 10.1. The molecule has 1 aliphatic heterocycles. The van der Waals surface area contributed by atoms with Crippen LogP contribution in [0.4, 0.5) is 22.7 Å². The predicted molar refractivity (Wildman–Crippen MR) is 122 cm³/mol. The molecule has 0 aliphatic carbocycles. The quantitative estimate of drug-likeness (QED) is 0.434. The molecule has 2 N–H and O–H groups in total.